The first-order chi connectivity index (χ1) is 6.65. The van der Waals surface area contributed by atoms with E-state index in [1.54, 1.807) is 7.11 Å². The van der Waals surface area contributed by atoms with Gasteiger partial charge in [-0.25, -0.2) is 0 Å². The van der Waals surface area contributed by atoms with Gasteiger partial charge in [0.25, 0.3) is 0 Å². The summed E-state index contributed by atoms with van der Waals surface area (Å²) < 4.78 is 7.30. The Labute approximate surface area is 100 Å². The fourth-order valence-corrected chi connectivity index (χ4v) is 3.56. The third kappa shape index (κ3) is 1.49. The van der Waals surface area contributed by atoms with E-state index in [0.717, 1.165) is 27.5 Å². The minimum atomic E-state index is 0.170. The number of methoxy groups -OCH3 is 1. The molecule has 0 saturated heterocycles. The standard InChI is InChI=1S/C10H11Br2NO/c1-14-10-7(11)4-6-5(9(10)12)2-3-8(6)13/h4,8H,2-3,13H2,1H3. The second-order valence-corrected chi connectivity index (χ2v) is 5.07. The monoisotopic (exact) mass is 319 g/mol. The molecule has 0 heterocycles. The van der Waals surface area contributed by atoms with E-state index < -0.39 is 0 Å². The number of halogens is 2. The lowest BCUT2D eigenvalue weighted by molar-refractivity contribution is 0.409. The Morgan fingerprint density at radius 2 is 2.21 bits per heavy atom. The van der Waals surface area contributed by atoms with Crippen molar-refractivity contribution in [2.45, 2.75) is 18.9 Å². The minimum Gasteiger partial charge on any atom is -0.494 e. The SMILES string of the molecule is COc1c(Br)cc2c(c1Br)CCC2N. The Bertz CT molecular complexity index is 379. The lowest BCUT2D eigenvalue weighted by atomic mass is 10.1. The number of benzene rings is 1. The van der Waals surface area contributed by atoms with Crippen LogP contribution in [0.15, 0.2) is 15.0 Å². The van der Waals surface area contributed by atoms with E-state index in [-0.39, 0.29) is 6.04 Å². The highest BCUT2D eigenvalue weighted by molar-refractivity contribution is 9.11. The summed E-state index contributed by atoms with van der Waals surface area (Å²) in [5.41, 5.74) is 8.51. The van der Waals surface area contributed by atoms with Crippen LogP contribution >= 0.6 is 31.9 Å². The molecular formula is C10H11Br2NO. The molecule has 4 heteroatoms. The van der Waals surface area contributed by atoms with Gasteiger partial charge in [-0.3, -0.25) is 0 Å². The van der Waals surface area contributed by atoms with Gasteiger partial charge in [-0.15, -0.1) is 0 Å². The topological polar surface area (TPSA) is 35.2 Å². The van der Waals surface area contributed by atoms with Crippen LogP contribution in [0.2, 0.25) is 0 Å². The van der Waals surface area contributed by atoms with Gasteiger partial charge in [0, 0.05) is 6.04 Å². The molecule has 0 aromatic heterocycles. The number of hydrogen-bond acceptors (Lipinski definition) is 2. The number of fused-ring (bicyclic) bond motifs is 1. The van der Waals surface area contributed by atoms with E-state index in [9.17, 15) is 0 Å². The van der Waals surface area contributed by atoms with E-state index in [2.05, 4.69) is 37.9 Å². The molecule has 2 nitrogen and oxygen atoms in total. The largest absolute Gasteiger partial charge is 0.494 e. The van der Waals surface area contributed by atoms with Crippen molar-refractivity contribution in [2.24, 2.45) is 5.73 Å². The van der Waals surface area contributed by atoms with Crippen LogP contribution in [0.1, 0.15) is 23.6 Å². The summed E-state index contributed by atoms with van der Waals surface area (Å²) in [4.78, 5) is 0. The first-order valence-corrected chi connectivity index (χ1v) is 6.04. The zero-order valence-corrected chi connectivity index (χ0v) is 11.0. The molecule has 0 amide bonds. The van der Waals surface area contributed by atoms with E-state index in [1.807, 2.05) is 0 Å². The molecule has 1 aromatic rings. The molecule has 1 aliphatic carbocycles. The van der Waals surface area contributed by atoms with Gasteiger partial charge in [-0.05, 0) is 61.9 Å². The molecule has 0 fully saturated rings. The molecule has 0 saturated carbocycles. The maximum Gasteiger partial charge on any atom is 0.147 e. The zero-order valence-electron chi connectivity index (χ0n) is 7.81. The highest BCUT2D eigenvalue weighted by Gasteiger charge is 2.24. The summed E-state index contributed by atoms with van der Waals surface area (Å²) in [6, 6.07) is 2.24. The summed E-state index contributed by atoms with van der Waals surface area (Å²) in [6.07, 6.45) is 2.05. The molecule has 0 aliphatic heterocycles. The van der Waals surface area contributed by atoms with E-state index in [0.29, 0.717) is 0 Å². The Kier molecular flexibility index (Phi) is 2.86. The zero-order chi connectivity index (χ0) is 10.3. The Balaban J connectivity index is 2.63. The molecule has 0 radical (unpaired) electrons. The second kappa shape index (κ2) is 3.83. The summed E-state index contributed by atoms with van der Waals surface area (Å²) >= 11 is 7.04. The highest BCUT2D eigenvalue weighted by Crippen LogP contribution is 2.43. The molecule has 1 aliphatic rings. The van der Waals surface area contributed by atoms with Gasteiger partial charge in [0.1, 0.15) is 5.75 Å². The van der Waals surface area contributed by atoms with E-state index in [4.69, 9.17) is 10.5 Å². The molecule has 76 valence electrons. The van der Waals surface area contributed by atoms with Crippen LogP contribution in [0.3, 0.4) is 0 Å². The van der Waals surface area contributed by atoms with Gasteiger partial charge in [0.2, 0.25) is 0 Å². The van der Waals surface area contributed by atoms with Gasteiger partial charge in [-0.2, -0.15) is 0 Å². The molecule has 2 N–H and O–H groups in total. The third-order valence-corrected chi connectivity index (χ3v) is 4.05. The van der Waals surface area contributed by atoms with Crippen LogP contribution < -0.4 is 10.5 Å². The average Bonchev–Trinajstić information content (AvgIpc) is 2.49. The van der Waals surface area contributed by atoms with Crippen LogP contribution in [0, 0.1) is 0 Å². The van der Waals surface area contributed by atoms with Crippen molar-refractivity contribution < 1.29 is 4.74 Å². The number of nitrogens with two attached hydrogens (primary N) is 1. The lowest BCUT2D eigenvalue weighted by Crippen LogP contribution is -2.05. The van der Waals surface area contributed by atoms with Gasteiger partial charge in [0.15, 0.2) is 0 Å². The molecule has 0 bridgehead atoms. The maximum atomic E-state index is 5.99. The van der Waals surface area contributed by atoms with Crippen LogP contribution in [-0.2, 0) is 6.42 Å². The maximum absolute atomic E-state index is 5.99. The third-order valence-electron chi connectivity index (χ3n) is 2.62. The van der Waals surface area contributed by atoms with Crippen molar-refractivity contribution >= 4 is 31.9 Å². The summed E-state index contributed by atoms with van der Waals surface area (Å²) in [5, 5.41) is 0. The highest BCUT2D eigenvalue weighted by atomic mass is 79.9. The molecule has 1 unspecified atom stereocenters. The van der Waals surface area contributed by atoms with Gasteiger partial charge in [0.05, 0.1) is 16.1 Å². The van der Waals surface area contributed by atoms with Crippen LogP contribution in [0.25, 0.3) is 0 Å². The predicted octanol–water partition coefficient (Wildman–Crippen LogP) is 3.17. The van der Waals surface area contributed by atoms with Crippen molar-refractivity contribution in [1.29, 1.82) is 0 Å². The van der Waals surface area contributed by atoms with Gasteiger partial charge in [-0.1, -0.05) is 0 Å². The minimum absolute atomic E-state index is 0.170. The molecule has 0 spiro atoms. The molecule has 2 rings (SSSR count). The average molecular weight is 321 g/mol. The Hall–Kier alpha value is -0.0600. The fraction of sp³-hybridized carbons (Fsp3) is 0.400. The number of hydrogen-bond donors (Lipinski definition) is 1. The summed E-state index contributed by atoms with van der Waals surface area (Å²) in [6.45, 7) is 0. The normalized spacial score (nSPS) is 19.6. The smallest absolute Gasteiger partial charge is 0.147 e. The van der Waals surface area contributed by atoms with Gasteiger partial charge >= 0.3 is 0 Å². The summed E-state index contributed by atoms with van der Waals surface area (Å²) in [7, 11) is 1.67. The summed E-state index contributed by atoms with van der Waals surface area (Å²) in [5.74, 6) is 0.859. The second-order valence-electron chi connectivity index (χ2n) is 3.42. The van der Waals surface area contributed by atoms with E-state index in [1.165, 1.54) is 11.1 Å². The Morgan fingerprint density at radius 1 is 1.50 bits per heavy atom. The van der Waals surface area contributed by atoms with Crippen molar-refractivity contribution in [3.8, 4) is 5.75 Å². The first-order valence-electron chi connectivity index (χ1n) is 4.45. The van der Waals surface area contributed by atoms with Crippen LogP contribution in [-0.4, -0.2) is 7.11 Å². The first kappa shape index (κ1) is 10.5. The Morgan fingerprint density at radius 3 is 2.86 bits per heavy atom. The van der Waals surface area contributed by atoms with Crippen molar-refractivity contribution in [3.63, 3.8) is 0 Å². The molecule has 1 atom stereocenters. The van der Waals surface area contributed by atoms with Crippen molar-refractivity contribution in [1.82, 2.24) is 0 Å². The number of rotatable bonds is 1. The predicted molar refractivity (Wildman–Crippen MR) is 63.6 cm³/mol. The quantitative estimate of drug-likeness (QED) is 0.862. The molecule has 1 aromatic carbocycles. The van der Waals surface area contributed by atoms with Crippen molar-refractivity contribution in [2.75, 3.05) is 7.11 Å². The van der Waals surface area contributed by atoms with Crippen LogP contribution in [0.5, 0.6) is 5.75 Å². The van der Waals surface area contributed by atoms with Crippen LogP contribution in [0.4, 0.5) is 0 Å². The number of ether oxygens (including phenoxy) is 1. The van der Waals surface area contributed by atoms with E-state index >= 15 is 0 Å². The molecular weight excluding hydrogens is 310 g/mol. The van der Waals surface area contributed by atoms with Gasteiger partial charge < -0.3 is 10.5 Å². The lowest BCUT2D eigenvalue weighted by Gasteiger charge is -2.12. The van der Waals surface area contributed by atoms with Crippen molar-refractivity contribution in [3.05, 3.63) is 26.1 Å². The molecule has 14 heavy (non-hydrogen) atoms. The fourth-order valence-electron chi connectivity index (χ4n) is 1.89.